The fourth-order valence-electron chi connectivity index (χ4n) is 1.11. The van der Waals surface area contributed by atoms with Gasteiger partial charge in [0.15, 0.2) is 0 Å². The summed E-state index contributed by atoms with van der Waals surface area (Å²) in [6, 6.07) is 1.91. The predicted molar refractivity (Wildman–Crippen MR) is 35.6 cm³/mol. The van der Waals surface area contributed by atoms with Crippen molar-refractivity contribution in [2.75, 3.05) is 0 Å². The summed E-state index contributed by atoms with van der Waals surface area (Å²) in [7, 11) is 0. The van der Waals surface area contributed by atoms with Gasteiger partial charge in [0.25, 0.3) is 0 Å². The molecule has 0 aromatic carbocycles. The molecule has 0 spiro atoms. The molecular formula is C7H8N2O. The molecule has 1 fully saturated rings. The first kappa shape index (κ1) is 6.81. The van der Waals surface area contributed by atoms with Gasteiger partial charge in [0, 0.05) is 0 Å². The third kappa shape index (κ3) is 0.695. The maximum Gasteiger partial charge on any atom is 0.238 e. The third-order valence-electron chi connectivity index (χ3n) is 1.79. The number of hydrogen-bond donors (Lipinski definition) is 1. The van der Waals surface area contributed by atoms with Crippen LogP contribution in [0.1, 0.15) is 12.8 Å². The summed E-state index contributed by atoms with van der Waals surface area (Å²) in [5, 5.41) is 8.53. The summed E-state index contributed by atoms with van der Waals surface area (Å²) in [6.45, 7) is 3.63. The predicted octanol–water partition coefficient (Wildman–Crippen LogP) is 0.332. The number of nitrogens with zero attached hydrogens (tertiary/aromatic N) is 1. The van der Waals surface area contributed by atoms with E-state index in [9.17, 15) is 4.79 Å². The minimum atomic E-state index is -0.920. The molecule has 0 unspecified atom stereocenters. The van der Waals surface area contributed by atoms with E-state index in [4.69, 9.17) is 11.0 Å². The first-order valence-corrected chi connectivity index (χ1v) is 2.98. The van der Waals surface area contributed by atoms with E-state index in [2.05, 4.69) is 6.58 Å². The topological polar surface area (TPSA) is 66.9 Å². The van der Waals surface area contributed by atoms with E-state index in [0.29, 0.717) is 12.8 Å². The van der Waals surface area contributed by atoms with E-state index in [0.717, 1.165) is 5.57 Å². The maximum absolute atomic E-state index is 10.6. The first-order chi connectivity index (χ1) is 4.60. The molecule has 2 N–H and O–H groups in total. The van der Waals surface area contributed by atoms with Gasteiger partial charge in [0.05, 0.1) is 6.07 Å². The molecule has 1 amide bonds. The second-order valence-electron chi connectivity index (χ2n) is 2.66. The Labute approximate surface area is 59.1 Å². The van der Waals surface area contributed by atoms with Crippen LogP contribution in [0.2, 0.25) is 0 Å². The van der Waals surface area contributed by atoms with Gasteiger partial charge >= 0.3 is 0 Å². The van der Waals surface area contributed by atoms with Crippen molar-refractivity contribution in [1.82, 2.24) is 0 Å². The number of nitriles is 1. The summed E-state index contributed by atoms with van der Waals surface area (Å²) >= 11 is 0. The van der Waals surface area contributed by atoms with Crippen LogP contribution in [-0.4, -0.2) is 5.91 Å². The largest absolute Gasteiger partial charge is 0.368 e. The fourth-order valence-corrected chi connectivity index (χ4v) is 1.11. The van der Waals surface area contributed by atoms with Crippen molar-refractivity contribution in [2.24, 2.45) is 11.1 Å². The maximum atomic E-state index is 10.6. The second-order valence-corrected chi connectivity index (χ2v) is 2.66. The Kier molecular flexibility index (Phi) is 1.26. The van der Waals surface area contributed by atoms with Gasteiger partial charge in [-0.2, -0.15) is 5.26 Å². The van der Waals surface area contributed by atoms with Gasteiger partial charge in [-0.3, -0.25) is 4.79 Å². The molecule has 0 aliphatic heterocycles. The SMILES string of the molecule is C=C1CC(C#N)(C(N)=O)C1. The van der Waals surface area contributed by atoms with Gasteiger partial charge in [-0.05, 0) is 12.8 Å². The summed E-state index contributed by atoms with van der Waals surface area (Å²) in [5.41, 5.74) is 5.01. The quantitative estimate of drug-likeness (QED) is 0.528. The van der Waals surface area contributed by atoms with Crippen LogP contribution in [0.15, 0.2) is 12.2 Å². The molecule has 10 heavy (non-hydrogen) atoms. The number of nitrogens with two attached hydrogens (primary N) is 1. The lowest BCUT2D eigenvalue weighted by atomic mass is 9.66. The van der Waals surface area contributed by atoms with Crippen molar-refractivity contribution < 1.29 is 4.79 Å². The number of allylic oxidation sites excluding steroid dienone is 1. The molecular weight excluding hydrogens is 128 g/mol. The molecule has 3 nitrogen and oxygen atoms in total. The smallest absolute Gasteiger partial charge is 0.238 e. The highest BCUT2D eigenvalue weighted by Gasteiger charge is 2.45. The molecule has 0 saturated heterocycles. The summed E-state index contributed by atoms with van der Waals surface area (Å²) in [4.78, 5) is 10.6. The molecule has 0 atom stereocenters. The Morgan fingerprint density at radius 2 is 2.30 bits per heavy atom. The molecule has 52 valence electrons. The zero-order chi connectivity index (χ0) is 7.78. The van der Waals surface area contributed by atoms with Crippen LogP contribution >= 0.6 is 0 Å². The van der Waals surface area contributed by atoms with Crippen molar-refractivity contribution >= 4 is 5.91 Å². The zero-order valence-electron chi connectivity index (χ0n) is 5.55. The Hall–Kier alpha value is -1.30. The number of carbonyl (C=O) groups is 1. The first-order valence-electron chi connectivity index (χ1n) is 2.98. The van der Waals surface area contributed by atoms with Crippen molar-refractivity contribution in [3.63, 3.8) is 0 Å². The van der Waals surface area contributed by atoms with Crippen LogP contribution in [0.25, 0.3) is 0 Å². The van der Waals surface area contributed by atoms with E-state index in [1.165, 1.54) is 0 Å². The summed E-state index contributed by atoms with van der Waals surface area (Å²) < 4.78 is 0. The minimum Gasteiger partial charge on any atom is -0.368 e. The lowest BCUT2D eigenvalue weighted by Crippen LogP contribution is -2.42. The summed E-state index contributed by atoms with van der Waals surface area (Å²) in [5.74, 6) is -0.526. The van der Waals surface area contributed by atoms with Crippen LogP contribution in [0, 0.1) is 16.7 Å². The van der Waals surface area contributed by atoms with E-state index in [-0.39, 0.29) is 0 Å². The molecule has 0 bridgehead atoms. The van der Waals surface area contributed by atoms with Gasteiger partial charge < -0.3 is 5.73 Å². The number of primary amides is 1. The molecule has 0 heterocycles. The van der Waals surface area contributed by atoms with Crippen LogP contribution in [0.3, 0.4) is 0 Å². The van der Waals surface area contributed by atoms with Crippen molar-refractivity contribution in [1.29, 1.82) is 5.26 Å². The van der Waals surface area contributed by atoms with Gasteiger partial charge in [-0.25, -0.2) is 0 Å². The van der Waals surface area contributed by atoms with Gasteiger partial charge in [0.2, 0.25) is 5.91 Å². The third-order valence-corrected chi connectivity index (χ3v) is 1.79. The highest BCUT2D eigenvalue weighted by Crippen LogP contribution is 2.43. The minimum absolute atomic E-state index is 0.443. The average Bonchev–Trinajstić information content (AvgIpc) is 1.79. The van der Waals surface area contributed by atoms with E-state index in [1.54, 1.807) is 0 Å². The van der Waals surface area contributed by atoms with E-state index >= 15 is 0 Å². The van der Waals surface area contributed by atoms with Gasteiger partial charge in [-0.15, -0.1) is 0 Å². The monoisotopic (exact) mass is 136 g/mol. The standard InChI is InChI=1S/C7H8N2O/c1-5-2-7(3-5,4-8)6(9)10/h1-3H2,(H2,9,10). The second kappa shape index (κ2) is 1.84. The summed E-state index contributed by atoms with van der Waals surface area (Å²) in [6.07, 6.45) is 0.887. The Morgan fingerprint density at radius 1 is 1.80 bits per heavy atom. The average molecular weight is 136 g/mol. The number of hydrogen-bond acceptors (Lipinski definition) is 2. The Morgan fingerprint density at radius 3 is 2.40 bits per heavy atom. The molecule has 3 heteroatoms. The van der Waals surface area contributed by atoms with Crippen LogP contribution in [0.4, 0.5) is 0 Å². The molecule has 0 aromatic rings. The zero-order valence-corrected chi connectivity index (χ0v) is 5.55. The molecule has 1 rings (SSSR count). The lowest BCUT2D eigenvalue weighted by Gasteiger charge is -2.33. The van der Waals surface area contributed by atoms with Crippen molar-refractivity contribution in [3.05, 3.63) is 12.2 Å². The molecule has 1 aliphatic rings. The number of rotatable bonds is 1. The molecule has 0 aromatic heterocycles. The van der Waals surface area contributed by atoms with Crippen molar-refractivity contribution in [3.8, 4) is 6.07 Å². The highest BCUT2D eigenvalue weighted by molar-refractivity contribution is 5.86. The Bertz CT molecular complexity index is 228. The van der Waals surface area contributed by atoms with Crippen LogP contribution < -0.4 is 5.73 Å². The van der Waals surface area contributed by atoms with Gasteiger partial charge in [-0.1, -0.05) is 12.2 Å². The molecule has 1 saturated carbocycles. The number of carbonyl (C=O) groups excluding carboxylic acids is 1. The highest BCUT2D eigenvalue weighted by atomic mass is 16.1. The van der Waals surface area contributed by atoms with Gasteiger partial charge in [0.1, 0.15) is 5.41 Å². The molecule has 0 radical (unpaired) electrons. The number of amides is 1. The lowest BCUT2D eigenvalue weighted by molar-refractivity contribution is -0.126. The van der Waals surface area contributed by atoms with E-state index in [1.807, 2.05) is 6.07 Å². The Balaban J connectivity index is 2.77. The van der Waals surface area contributed by atoms with E-state index < -0.39 is 11.3 Å². The van der Waals surface area contributed by atoms with Crippen LogP contribution in [-0.2, 0) is 4.79 Å². The normalized spacial score (nSPS) is 20.9. The van der Waals surface area contributed by atoms with Crippen molar-refractivity contribution in [2.45, 2.75) is 12.8 Å². The fraction of sp³-hybridized carbons (Fsp3) is 0.429. The van der Waals surface area contributed by atoms with Crippen LogP contribution in [0.5, 0.6) is 0 Å². The molecule has 1 aliphatic carbocycles.